The van der Waals surface area contributed by atoms with Crippen LogP contribution in [0.25, 0.3) is 0 Å². The van der Waals surface area contributed by atoms with Crippen LogP contribution in [-0.4, -0.2) is 39.2 Å². The molecule has 0 heterocycles. The van der Waals surface area contributed by atoms with Gasteiger partial charge in [-0.25, -0.2) is 4.79 Å². The normalized spacial score (nSPS) is 14.6. The topological polar surface area (TPSA) is 83.5 Å². The first-order chi connectivity index (χ1) is 5.97. The van der Waals surface area contributed by atoms with Gasteiger partial charge in [0, 0.05) is 23.5 Å². The Morgan fingerprint density at radius 1 is 1.54 bits per heavy atom. The molecule has 2 N–H and O–H groups in total. The summed E-state index contributed by atoms with van der Waals surface area (Å²) >= 11 is 0. The van der Waals surface area contributed by atoms with Gasteiger partial charge in [0.15, 0.2) is 0 Å². The summed E-state index contributed by atoms with van der Waals surface area (Å²) in [7, 11) is -1.23. The minimum atomic E-state index is -1.23. The van der Waals surface area contributed by atoms with Crippen LogP contribution in [0.5, 0.6) is 0 Å². The third kappa shape index (κ3) is 5.35. The van der Waals surface area contributed by atoms with Crippen molar-refractivity contribution >= 4 is 22.7 Å². The van der Waals surface area contributed by atoms with E-state index in [1.54, 1.807) is 6.92 Å². The summed E-state index contributed by atoms with van der Waals surface area (Å²) in [6, 6.07) is -1.04. The van der Waals surface area contributed by atoms with Gasteiger partial charge in [0.2, 0.25) is 5.91 Å². The van der Waals surface area contributed by atoms with Gasteiger partial charge in [-0.15, -0.1) is 0 Å². The number of carboxylic acids is 1. The molecule has 0 rings (SSSR count). The van der Waals surface area contributed by atoms with Crippen molar-refractivity contribution in [2.24, 2.45) is 0 Å². The molecule has 0 aromatic rings. The third-order valence-corrected chi connectivity index (χ3v) is 2.16. The monoisotopic (exact) mass is 207 g/mol. The van der Waals surface area contributed by atoms with E-state index >= 15 is 0 Å². The Bertz CT molecular complexity index is 229. The molecule has 2 unspecified atom stereocenters. The van der Waals surface area contributed by atoms with Crippen LogP contribution in [0, 0.1) is 0 Å². The van der Waals surface area contributed by atoms with Crippen LogP contribution < -0.4 is 5.32 Å². The van der Waals surface area contributed by atoms with Crippen LogP contribution in [0.4, 0.5) is 0 Å². The molecule has 0 aliphatic heterocycles. The number of hydrogen-bond donors (Lipinski definition) is 2. The molecule has 1 amide bonds. The Morgan fingerprint density at radius 3 is 2.38 bits per heavy atom. The van der Waals surface area contributed by atoms with Gasteiger partial charge in [0.1, 0.15) is 6.04 Å². The highest BCUT2D eigenvalue weighted by atomic mass is 32.2. The minimum absolute atomic E-state index is 0.0545. The molecule has 5 nitrogen and oxygen atoms in total. The third-order valence-electron chi connectivity index (χ3n) is 1.36. The fraction of sp³-hybridized carbons (Fsp3) is 0.714. The van der Waals surface area contributed by atoms with Crippen LogP contribution in [0.1, 0.15) is 13.3 Å². The van der Waals surface area contributed by atoms with Crippen molar-refractivity contribution in [2.45, 2.75) is 19.4 Å². The van der Waals surface area contributed by atoms with Gasteiger partial charge in [-0.2, -0.15) is 0 Å². The highest BCUT2D eigenvalue weighted by Gasteiger charge is 2.20. The standard InChI is InChI=1S/C7H13NO4S/c1-3-6(9)8-5(7(10)11)4-13(2)12/h5H,3-4H2,1-2H3,(H,8,9)(H,10,11). The summed E-state index contributed by atoms with van der Waals surface area (Å²) in [4.78, 5) is 21.4. The van der Waals surface area contributed by atoms with E-state index in [0.29, 0.717) is 0 Å². The van der Waals surface area contributed by atoms with Crippen LogP contribution >= 0.6 is 0 Å². The lowest BCUT2D eigenvalue weighted by atomic mass is 10.3. The lowest BCUT2D eigenvalue weighted by molar-refractivity contribution is -0.141. The Labute approximate surface area is 79.0 Å². The van der Waals surface area contributed by atoms with E-state index in [1.165, 1.54) is 6.26 Å². The van der Waals surface area contributed by atoms with E-state index in [9.17, 15) is 13.8 Å². The second-order valence-corrected chi connectivity index (χ2v) is 4.03. The number of rotatable bonds is 5. The molecular weight excluding hydrogens is 194 g/mol. The molecule has 6 heteroatoms. The summed E-state index contributed by atoms with van der Waals surface area (Å²) in [6.45, 7) is 1.62. The van der Waals surface area contributed by atoms with Crippen LogP contribution in [0.2, 0.25) is 0 Å². The summed E-state index contributed by atoms with van der Waals surface area (Å²) in [5, 5.41) is 10.9. The van der Waals surface area contributed by atoms with Crippen LogP contribution in [-0.2, 0) is 20.4 Å². The maximum Gasteiger partial charge on any atom is 0.327 e. The second-order valence-electron chi connectivity index (χ2n) is 2.55. The lowest BCUT2D eigenvalue weighted by Crippen LogP contribution is -2.44. The number of hydrogen-bond acceptors (Lipinski definition) is 3. The maximum atomic E-state index is 10.8. The van der Waals surface area contributed by atoms with Gasteiger partial charge in [-0.1, -0.05) is 6.92 Å². The van der Waals surface area contributed by atoms with Crippen LogP contribution in [0.3, 0.4) is 0 Å². The molecule has 0 saturated carbocycles. The molecule has 0 radical (unpaired) electrons. The molecule has 0 aliphatic carbocycles. The van der Waals surface area contributed by atoms with Gasteiger partial charge in [-0.05, 0) is 0 Å². The fourth-order valence-electron chi connectivity index (χ4n) is 0.706. The Balaban J connectivity index is 4.18. The van der Waals surface area contributed by atoms with Crippen molar-refractivity contribution in [2.75, 3.05) is 12.0 Å². The molecule has 0 fully saturated rings. The summed E-state index contributed by atoms with van der Waals surface area (Å²) in [6.07, 6.45) is 1.62. The largest absolute Gasteiger partial charge is 0.480 e. The van der Waals surface area contributed by atoms with E-state index in [-0.39, 0.29) is 18.1 Å². The first-order valence-electron chi connectivity index (χ1n) is 3.79. The first-order valence-corrected chi connectivity index (χ1v) is 5.52. The fourth-order valence-corrected chi connectivity index (χ4v) is 1.40. The molecule has 0 saturated heterocycles. The number of carbonyl (C=O) groups is 2. The first kappa shape index (κ1) is 12.1. The van der Waals surface area contributed by atoms with E-state index < -0.39 is 22.8 Å². The Hall–Kier alpha value is -0.910. The van der Waals surface area contributed by atoms with Gasteiger partial charge in [0.25, 0.3) is 0 Å². The number of amides is 1. The zero-order valence-corrected chi connectivity index (χ0v) is 8.39. The van der Waals surface area contributed by atoms with Crippen molar-refractivity contribution in [1.82, 2.24) is 5.32 Å². The van der Waals surface area contributed by atoms with Crippen molar-refractivity contribution in [3.05, 3.63) is 0 Å². The molecular formula is C7H13NO4S. The molecule has 0 bridgehead atoms. The molecule has 0 aromatic heterocycles. The maximum absolute atomic E-state index is 10.8. The zero-order valence-electron chi connectivity index (χ0n) is 7.57. The summed E-state index contributed by atoms with van der Waals surface area (Å²) in [5.41, 5.74) is 0. The van der Waals surface area contributed by atoms with Gasteiger partial charge in [0.05, 0.1) is 5.75 Å². The van der Waals surface area contributed by atoms with Gasteiger partial charge >= 0.3 is 5.97 Å². The number of nitrogens with one attached hydrogen (secondary N) is 1. The highest BCUT2D eigenvalue weighted by Crippen LogP contribution is 1.89. The number of carboxylic acid groups (broad SMARTS) is 1. The SMILES string of the molecule is CCC(=O)NC(CS(C)=O)C(=O)O. The highest BCUT2D eigenvalue weighted by molar-refractivity contribution is 7.84. The van der Waals surface area contributed by atoms with E-state index in [1.807, 2.05) is 0 Å². The minimum Gasteiger partial charge on any atom is -0.480 e. The number of aliphatic carboxylic acids is 1. The predicted octanol–water partition coefficient (Wildman–Crippen LogP) is -0.656. The van der Waals surface area contributed by atoms with E-state index in [0.717, 1.165) is 0 Å². The van der Waals surface area contributed by atoms with Crippen molar-refractivity contribution in [3.8, 4) is 0 Å². The second kappa shape index (κ2) is 5.69. The molecule has 2 atom stereocenters. The number of carbonyl (C=O) groups excluding carboxylic acids is 1. The quantitative estimate of drug-likeness (QED) is 0.627. The van der Waals surface area contributed by atoms with Gasteiger partial charge in [-0.3, -0.25) is 9.00 Å². The smallest absolute Gasteiger partial charge is 0.327 e. The van der Waals surface area contributed by atoms with E-state index in [2.05, 4.69) is 5.32 Å². The average molecular weight is 207 g/mol. The average Bonchev–Trinajstić information content (AvgIpc) is 2.02. The van der Waals surface area contributed by atoms with Crippen LogP contribution in [0.15, 0.2) is 0 Å². The van der Waals surface area contributed by atoms with E-state index in [4.69, 9.17) is 5.11 Å². The molecule has 0 aliphatic rings. The van der Waals surface area contributed by atoms with Crippen molar-refractivity contribution in [1.29, 1.82) is 0 Å². The molecule has 0 aromatic carbocycles. The summed E-state index contributed by atoms with van der Waals surface area (Å²) in [5.74, 6) is -1.56. The Morgan fingerprint density at radius 2 is 2.08 bits per heavy atom. The van der Waals surface area contributed by atoms with Crippen molar-refractivity contribution < 1.29 is 18.9 Å². The Kier molecular flexibility index (Phi) is 5.29. The zero-order chi connectivity index (χ0) is 10.4. The summed E-state index contributed by atoms with van der Waals surface area (Å²) < 4.78 is 10.7. The molecule has 13 heavy (non-hydrogen) atoms. The molecule has 76 valence electrons. The van der Waals surface area contributed by atoms with Crippen molar-refractivity contribution in [3.63, 3.8) is 0 Å². The predicted molar refractivity (Wildman–Crippen MR) is 48.8 cm³/mol. The lowest BCUT2D eigenvalue weighted by Gasteiger charge is -2.11. The van der Waals surface area contributed by atoms with Gasteiger partial charge < -0.3 is 10.4 Å². The molecule has 0 spiro atoms.